The molecule has 0 bridgehead atoms. The zero-order chi connectivity index (χ0) is 14.1. The molecule has 0 radical (unpaired) electrons. The lowest BCUT2D eigenvalue weighted by Crippen LogP contribution is -2.32. The van der Waals surface area contributed by atoms with Crippen LogP contribution in [0, 0.1) is 6.92 Å². The fourth-order valence-electron chi connectivity index (χ4n) is 3.31. The second kappa shape index (κ2) is 5.54. The highest BCUT2D eigenvalue weighted by Crippen LogP contribution is 2.25. The molecule has 2 unspecified atom stereocenters. The van der Waals surface area contributed by atoms with Crippen molar-refractivity contribution in [1.82, 2.24) is 14.3 Å². The highest BCUT2D eigenvalue weighted by molar-refractivity contribution is 5.42. The van der Waals surface area contributed by atoms with Gasteiger partial charge in [0.25, 0.3) is 0 Å². The molecule has 0 aromatic carbocycles. The lowest BCUT2D eigenvalue weighted by atomic mass is 10.1. The van der Waals surface area contributed by atoms with Crippen LogP contribution in [0.15, 0.2) is 24.4 Å². The largest absolute Gasteiger partial charge is 0.393 e. The number of aromatic nitrogens is 2. The number of fused-ring (bicyclic) bond motifs is 1. The van der Waals surface area contributed by atoms with Crippen LogP contribution in [-0.4, -0.2) is 38.1 Å². The van der Waals surface area contributed by atoms with Crippen LogP contribution < -0.4 is 0 Å². The first kappa shape index (κ1) is 13.6. The number of likely N-dealkylation sites (tertiary alicyclic amines) is 1. The predicted molar refractivity (Wildman–Crippen MR) is 79.7 cm³/mol. The quantitative estimate of drug-likeness (QED) is 0.930. The Hall–Kier alpha value is -1.39. The summed E-state index contributed by atoms with van der Waals surface area (Å²) >= 11 is 0. The molecule has 2 aromatic heterocycles. The number of imidazole rings is 1. The molecule has 4 nitrogen and oxygen atoms in total. The second-order valence-corrected chi connectivity index (χ2v) is 5.92. The number of hydrogen-bond acceptors (Lipinski definition) is 3. The second-order valence-electron chi connectivity index (χ2n) is 5.92. The average molecular weight is 273 g/mol. The smallest absolute Gasteiger partial charge is 0.137 e. The summed E-state index contributed by atoms with van der Waals surface area (Å²) in [5.41, 5.74) is 3.41. The zero-order valence-corrected chi connectivity index (χ0v) is 12.3. The summed E-state index contributed by atoms with van der Waals surface area (Å²) < 4.78 is 2.19. The predicted octanol–water partition coefficient (Wildman–Crippen LogP) is 2.38. The number of nitrogens with zero attached hydrogens (tertiary/aromatic N) is 3. The van der Waals surface area contributed by atoms with Gasteiger partial charge in [0, 0.05) is 18.8 Å². The Morgan fingerprint density at radius 2 is 2.30 bits per heavy atom. The Bertz CT molecular complexity index is 590. The topological polar surface area (TPSA) is 40.8 Å². The molecule has 108 valence electrons. The molecule has 0 spiro atoms. The maximum absolute atomic E-state index is 9.64. The molecular weight excluding hydrogens is 250 g/mol. The fourth-order valence-corrected chi connectivity index (χ4v) is 3.31. The van der Waals surface area contributed by atoms with Gasteiger partial charge in [0.2, 0.25) is 0 Å². The van der Waals surface area contributed by atoms with Crippen molar-refractivity contribution in [1.29, 1.82) is 0 Å². The van der Waals surface area contributed by atoms with Crippen LogP contribution in [0.5, 0.6) is 0 Å². The summed E-state index contributed by atoms with van der Waals surface area (Å²) in [6, 6.07) is 6.63. The van der Waals surface area contributed by atoms with E-state index in [2.05, 4.69) is 33.5 Å². The normalized spacial score (nSPS) is 21.6. The van der Waals surface area contributed by atoms with Crippen LogP contribution in [0.2, 0.25) is 0 Å². The number of aryl methyl sites for hydroxylation is 1. The van der Waals surface area contributed by atoms with Crippen molar-refractivity contribution >= 4 is 5.65 Å². The third kappa shape index (κ3) is 2.58. The Balaban J connectivity index is 1.83. The van der Waals surface area contributed by atoms with Gasteiger partial charge in [0.1, 0.15) is 5.65 Å². The Labute approximate surface area is 120 Å². The van der Waals surface area contributed by atoms with E-state index in [1.54, 1.807) is 0 Å². The van der Waals surface area contributed by atoms with Crippen LogP contribution >= 0.6 is 0 Å². The van der Waals surface area contributed by atoms with E-state index in [0.717, 1.165) is 30.9 Å². The van der Waals surface area contributed by atoms with E-state index >= 15 is 0 Å². The van der Waals surface area contributed by atoms with Gasteiger partial charge < -0.3 is 9.51 Å². The molecule has 0 saturated carbocycles. The van der Waals surface area contributed by atoms with Crippen molar-refractivity contribution in [2.75, 3.05) is 6.54 Å². The van der Waals surface area contributed by atoms with E-state index in [-0.39, 0.29) is 6.10 Å². The van der Waals surface area contributed by atoms with Crippen LogP contribution in [0.3, 0.4) is 0 Å². The molecule has 20 heavy (non-hydrogen) atoms. The summed E-state index contributed by atoms with van der Waals surface area (Å²) in [6.07, 6.45) is 5.16. The zero-order valence-electron chi connectivity index (χ0n) is 12.3. The molecule has 1 aliphatic rings. The summed E-state index contributed by atoms with van der Waals surface area (Å²) in [6.45, 7) is 6.02. The summed E-state index contributed by atoms with van der Waals surface area (Å²) in [7, 11) is 0. The standard InChI is InChI=1S/C16H23N3O/c1-12(20)10-14-6-5-8-18(14)11-15-13(2)17-16-7-3-4-9-19(15)16/h3-4,7,9,12,14,20H,5-6,8,10-11H2,1-2H3. The van der Waals surface area contributed by atoms with Crippen molar-refractivity contribution in [3.8, 4) is 0 Å². The summed E-state index contributed by atoms with van der Waals surface area (Å²) in [5, 5.41) is 9.64. The van der Waals surface area contributed by atoms with E-state index in [4.69, 9.17) is 0 Å². The number of pyridine rings is 1. The maximum atomic E-state index is 9.64. The van der Waals surface area contributed by atoms with Gasteiger partial charge in [-0.15, -0.1) is 0 Å². The van der Waals surface area contributed by atoms with Crippen LogP contribution in [0.4, 0.5) is 0 Å². The molecule has 1 saturated heterocycles. The number of aliphatic hydroxyl groups is 1. The first-order valence-corrected chi connectivity index (χ1v) is 7.50. The molecule has 2 aromatic rings. The summed E-state index contributed by atoms with van der Waals surface area (Å²) in [4.78, 5) is 7.12. The van der Waals surface area contributed by atoms with Gasteiger partial charge in [0.15, 0.2) is 0 Å². The van der Waals surface area contributed by atoms with Gasteiger partial charge in [0.05, 0.1) is 17.5 Å². The number of aliphatic hydroxyl groups excluding tert-OH is 1. The van der Waals surface area contributed by atoms with Gasteiger partial charge in [-0.25, -0.2) is 4.98 Å². The number of rotatable bonds is 4. The van der Waals surface area contributed by atoms with E-state index < -0.39 is 0 Å². The first-order valence-electron chi connectivity index (χ1n) is 7.50. The molecule has 3 heterocycles. The molecule has 3 rings (SSSR count). The van der Waals surface area contributed by atoms with Crippen molar-refractivity contribution in [2.45, 2.75) is 51.8 Å². The first-order chi connectivity index (χ1) is 9.65. The highest BCUT2D eigenvalue weighted by Gasteiger charge is 2.26. The lowest BCUT2D eigenvalue weighted by molar-refractivity contribution is 0.130. The van der Waals surface area contributed by atoms with Gasteiger partial charge in [-0.05, 0) is 51.8 Å². The molecule has 1 aliphatic heterocycles. The highest BCUT2D eigenvalue weighted by atomic mass is 16.3. The minimum atomic E-state index is -0.219. The minimum Gasteiger partial charge on any atom is -0.393 e. The maximum Gasteiger partial charge on any atom is 0.137 e. The van der Waals surface area contributed by atoms with Crippen molar-refractivity contribution in [3.05, 3.63) is 35.8 Å². The van der Waals surface area contributed by atoms with E-state index in [9.17, 15) is 5.11 Å². The molecule has 2 atom stereocenters. The fraction of sp³-hybridized carbons (Fsp3) is 0.562. The Morgan fingerprint density at radius 3 is 3.10 bits per heavy atom. The summed E-state index contributed by atoms with van der Waals surface area (Å²) in [5.74, 6) is 0. The Kier molecular flexibility index (Phi) is 3.76. The van der Waals surface area contributed by atoms with E-state index in [0.29, 0.717) is 6.04 Å². The number of hydrogen-bond donors (Lipinski definition) is 1. The van der Waals surface area contributed by atoms with E-state index in [1.165, 1.54) is 18.5 Å². The van der Waals surface area contributed by atoms with Crippen molar-refractivity contribution in [3.63, 3.8) is 0 Å². The van der Waals surface area contributed by atoms with Crippen LogP contribution in [0.1, 0.15) is 37.6 Å². The van der Waals surface area contributed by atoms with Crippen molar-refractivity contribution in [2.24, 2.45) is 0 Å². The van der Waals surface area contributed by atoms with Gasteiger partial charge in [-0.3, -0.25) is 4.90 Å². The molecule has 4 heteroatoms. The van der Waals surface area contributed by atoms with Crippen LogP contribution in [0.25, 0.3) is 5.65 Å². The van der Waals surface area contributed by atoms with Gasteiger partial charge >= 0.3 is 0 Å². The lowest BCUT2D eigenvalue weighted by Gasteiger charge is -2.25. The molecule has 1 N–H and O–H groups in total. The average Bonchev–Trinajstić information content (AvgIpc) is 2.95. The Morgan fingerprint density at radius 1 is 1.45 bits per heavy atom. The molecular formula is C16H23N3O. The van der Waals surface area contributed by atoms with Crippen molar-refractivity contribution < 1.29 is 5.11 Å². The van der Waals surface area contributed by atoms with Crippen LogP contribution in [-0.2, 0) is 6.54 Å². The third-order valence-corrected chi connectivity index (χ3v) is 4.29. The van der Waals surface area contributed by atoms with Gasteiger partial charge in [-0.1, -0.05) is 6.07 Å². The monoisotopic (exact) mass is 273 g/mol. The minimum absolute atomic E-state index is 0.219. The molecule has 1 fully saturated rings. The third-order valence-electron chi connectivity index (χ3n) is 4.29. The van der Waals surface area contributed by atoms with Gasteiger partial charge in [-0.2, -0.15) is 0 Å². The molecule has 0 aliphatic carbocycles. The van der Waals surface area contributed by atoms with E-state index in [1.807, 2.05) is 19.1 Å². The SMILES string of the molecule is Cc1nc2ccccn2c1CN1CCCC1CC(C)O. The molecule has 0 amide bonds.